The van der Waals surface area contributed by atoms with Gasteiger partial charge in [0.05, 0.1) is 4.92 Å². The monoisotopic (exact) mass is 287 g/mol. The molecule has 0 spiro atoms. The van der Waals surface area contributed by atoms with E-state index in [2.05, 4.69) is 10.3 Å². The number of oxazole rings is 1. The van der Waals surface area contributed by atoms with Crippen LogP contribution in [-0.2, 0) is 6.54 Å². The van der Waals surface area contributed by atoms with E-state index in [9.17, 15) is 14.5 Å². The SMILES string of the molecule is O=[N+]([O-])c1cccc2oc(NCc3cccc(F)c3)nc12. The fraction of sp³-hybridized carbons (Fsp3) is 0.0714. The van der Waals surface area contributed by atoms with Gasteiger partial charge in [-0.1, -0.05) is 18.2 Å². The van der Waals surface area contributed by atoms with Crippen LogP contribution in [-0.4, -0.2) is 9.91 Å². The van der Waals surface area contributed by atoms with Crippen molar-refractivity contribution >= 4 is 22.8 Å². The van der Waals surface area contributed by atoms with Gasteiger partial charge >= 0.3 is 0 Å². The zero-order valence-electron chi connectivity index (χ0n) is 10.7. The maximum Gasteiger partial charge on any atom is 0.298 e. The summed E-state index contributed by atoms with van der Waals surface area (Å²) in [6.45, 7) is 0.304. The number of hydrogen-bond acceptors (Lipinski definition) is 5. The maximum absolute atomic E-state index is 13.1. The van der Waals surface area contributed by atoms with Crippen molar-refractivity contribution in [3.05, 3.63) is 64.0 Å². The Morgan fingerprint density at radius 1 is 1.29 bits per heavy atom. The second-order valence-corrected chi connectivity index (χ2v) is 4.38. The molecule has 106 valence electrons. The normalized spacial score (nSPS) is 10.7. The Morgan fingerprint density at radius 3 is 2.86 bits per heavy atom. The van der Waals surface area contributed by atoms with Crippen LogP contribution in [0, 0.1) is 15.9 Å². The Morgan fingerprint density at radius 2 is 2.10 bits per heavy atom. The summed E-state index contributed by atoms with van der Waals surface area (Å²) >= 11 is 0. The number of non-ortho nitro benzene ring substituents is 1. The molecule has 0 unspecified atom stereocenters. The summed E-state index contributed by atoms with van der Waals surface area (Å²) in [4.78, 5) is 14.4. The number of anilines is 1. The number of rotatable bonds is 4. The molecule has 1 N–H and O–H groups in total. The predicted molar refractivity (Wildman–Crippen MR) is 74.4 cm³/mol. The molecule has 0 bridgehead atoms. The highest BCUT2D eigenvalue weighted by atomic mass is 19.1. The lowest BCUT2D eigenvalue weighted by molar-refractivity contribution is -0.383. The summed E-state index contributed by atoms with van der Waals surface area (Å²) in [5, 5.41) is 13.8. The molecule has 7 heteroatoms. The van der Waals surface area contributed by atoms with Gasteiger partial charge in [-0.2, -0.15) is 4.98 Å². The van der Waals surface area contributed by atoms with Gasteiger partial charge in [0.2, 0.25) is 0 Å². The number of nitro groups is 1. The molecular formula is C14H10FN3O3. The third-order valence-corrected chi connectivity index (χ3v) is 2.93. The molecule has 0 aliphatic rings. The Bertz CT molecular complexity index is 816. The zero-order chi connectivity index (χ0) is 14.8. The maximum atomic E-state index is 13.1. The summed E-state index contributed by atoms with van der Waals surface area (Å²) in [5.74, 6) is -0.331. The van der Waals surface area contributed by atoms with E-state index in [1.54, 1.807) is 18.2 Å². The summed E-state index contributed by atoms with van der Waals surface area (Å²) in [6, 6.07) is 10.7. The fourth-order valence-corrected chi connectivity index (χ4v) is 1.98. The molecule has 1 aromatic heterocycles. The van der Waals surface area contributed by atoms with Crippen molar-refractivity contribution in [1.29, 1.82) is 0 Å². The number of nitro benzene ring substituents is 1. The standard InChI is InChI=1S/C14H10FN3O3/c15-10-4-1-3-9(7-10)8-16-14-17-13-11(18(19)20)5-2-6-12(13)21-14/h1-7H,8H2,(H,16,17). The lowest BCUT2D eigenvalue weighted by Gasteiger charge is -2.01. The molecule has 0 saturated heterocycles. The number of aromatic nitrogens is 1. The highest BCUT2D eigenvalue weighted by Crippen LogP contribution is 2.27. The molecule has 0 amide bonds. The van der Waals surface area contributed by atoms with E-state index in [1.165, 1.54) is 24.3 Å². The Kier molecular flexibility index (Phi) is 3.23. The van der Waals surface area contributed by atoms with Gasteiger partial charge in [0.25, 0.3) is 11.7 Å². The van der Waals surface area contributed by atoms with Gasteiger partial charge in [-0.3, -0.25) is 10.1 Å². The summed E-state index contributed by atoms with van der Waals surface area (Å²) in [6.07, 6.45) is 0. The van der Waals surface area contributed by atoms with E-state index in [0.29, 0.717) is 17.7 Å². The van der Waals surface area contributed by atoms with Crippen LogP contribution in [0.15, 0.2) is 46.9 Å². The molecule has 21 heavy (non-hydrogen) atoms. The topological polar surface area (TPSA) is 81.2 Å². The second kappa shape index (κ2) is 5.20. The number of nitrogens with zero attached hydrogens (tertiary/aromatic N) is 2. The zero-order valence-corrected chi connectivity index (χ0v) is 10.7. The minimum absolute atomic E-state index is 0.116. The first-order valence-corrected chi connectivity index (χ1v) is 6.16. The number of benzene rings is 2. The van der Waals surface area contributed by atoms with E-state index >= 15 is 0 Å². The number of nitrogens with one attached hydrogen (secondary N) is 1. The van der Waals surface area contributed by atoms with Crippen LogP contribution in [0.1, 0.15) is 5.56 Å². The van der Waals surface area contributed by atoms with Gasteiger partial charge in [0.1, 0.15) is 5.82 Å². The number of hydrogen-bond donors (Lipinski definition) is 1. The third kappa shape index (κ3) is 2.66. The third-order valence-electron chi connectivity index (χ3n) is 2.93. The van der Waals surface area contributed by atoms with E-state index in [1.807, 2.05) is 0 Å². The molecule has 1 heterocycles. The molecule has 0 saturated carbocycles. The van der Waals surface area contributed by atoms with E-state index < -0.39 is 4.92 Å². The van der Waals surface area contributed by atoms with Crippen molar-refractivity contribution in [1.82, 2.24) is 4.98 Å². The largest absolute Gasteiger partial charge is 0.423 e. The fourth-order valence-electron chi connectivity index (χ4n) is 1.98. The Labute approximate surface area is 118 Å². The predicted octanol–water partition coefficient (Wildman–Crippen LogP) is 3.49. The van der Waals surface area contributed by atoms with Crippen molar-refractivity contribution in [2.75, 3.05) is 5.32 Å². The molecule has 0 fully saturated rings. The average molecular weight is 287 g/mol. The second-order valence-electron chi connectivity index (χ2n) is 4.38. The van der Waals surface area contributed by atoms with Crippen LogP contribution >= 0.6 is 0 Å². The smallest absolute Gasteiger partial charge is 0.298 e. The van der Waals surface area contributed by atoms with Crippen LogP contribution in [0.3, 0.4) is 0 Å². The van der Waals surface area contributed by atoms with Crippen LogP contribution in [0.4, 0.5) is 16.1 Å². The molecule has 0 radical (unpaired) electrons. The van der Waals surface area contributed by atoms with Gasteiger partial charge in [-0.05, 0) is 23.8 Å². The van der Waals surface area contributed by atoms with Gasteiger partial charge in [-0.25, -0.2) is 4.39 Å². The molecular weight excluding hydrogens is 277 g/mol. The van der Waals surface area contributed by atoms with E-state index in [-0.39, 0.29) is 23.0 Å². The van der Waals surface area contributed by atoms with E-state index in [4.69, 9.17) is 4.42 Å². The van der Waals surface area contributed by atoms with Crippen molar-refractivity contribution in [3.63, 3.8) is 0 Å². The first-order chi connectivity index (χ1) is 10.1. The molecule has 0 aliphatic carbocycles. The first kappa shape index (κ1) is 13.0. The lowest BCUT2D eigenvalue weighted by atomic mass is 10.2. The molecule has 0 atom stereocenters. The highest BCUT2D eigenvalue weighted by Gasteiger charge is 2.17. The van der Waals surface area contributed by atoms with Crippen molar-refractivity contribution in [2.24, 2.45) is 0 Å². The van der Waals surface area contributed by atoms with Crippen molar-refractivity contribution in [2.45, 2.75) is 6.54 Å². The number of halogens is 1. The van der Waals surface area contributed by atoms with Gasteiger partial charge in [0.15, 0.2) is 11.1 Å². The number of fused-ring (bicyclic) bond motifs is 1. The Balaban J connectivity index is 1.85. The van der Waals surface area contributed by atoms with Crippen molar-refractivity contribution in [3.8, 4) is 0 Å². The van der Waals surface area contributed by atoms with E-state index in [0.717, 1.165) is 0 Å². The number of para-hydroxylation sites is 1. The minimum Gasteiger partial charge on any atom is -0.423 e. The van der Waals surface area contributed by atoms with Gasteiger partial charge in [0, 0.05) is 12.6 Å². The molecule has 0 aliphatic heterocycles. The molecule has 2 aromatic carbocycles. The summed E-state index contributed by atoms with van der Waals surface area (Å²) in [7, 11) is 0. The van der Waals surface area contributed by atoms with Crippen LogP contribution in [0.5, 0.6) is 0 Å². The first-order valence-electron chi connectivity index (χ1n) is 6.16. The molecule has 3 rings (SSSR count). The Hall–Kier alpha value is -2.96. The molecule has 3 aromatic rings. The summed E-state index contributed by atoms with van der Waals surface area (Å²) < 4.78 is 18.5. The highest BCUT2D eigenvalue weighted by molar-refractivity contribution is 5.83. The van der Waals surface area contributed by atoms with Crippen LogP contribution < -0.4 is 5.32 Å². The summed E-state index contributed by atoms with van der Waals surface area (Å²) in [5.41, 5.74) is 1.11. The van der Waals surface area contributed by atoms with Gasteiger partial charge < -0.3 is 9.73 Å². The minimum atomic E-state index is -0.513. The lowest BCUT2D eigenvalue weighted by Crippen LogP contribution is -1.99. The molecule has 6 nitrogen and oxygen atoms in total. The van der Waals surface area contributed by atoms with Crippen LogP contribution in [0.25, 0.3) is 11.1 Å². The van der Waals surface area contributed by atoms with Gasteiger partial charge in [-0.15, -0.1) is 0 Å². The van der Waals surface area contributed by atoms with Crippen molar-refractivity contribution < 1.29 is 13.7 Å². The average Bonchev–Trinajstić information content (AvgIpc) is 2.87. The van der Waals surface area contributed by atoms with Crippen LogP contribution in [0.2, 0.25) is 0 Å². The quantitative estimate of drug-likeness (QED) is 0.586.